The highest BCUT2D eigenvalue weighted by Crippen LogP contribution is 2.33. The van der Waals surface area contributed by atoms with Crippen LogP contribution in [0.15, 0.2) is 54.7 Å². The Balaban J connectivity index is 1.37. The lowest BCUT2D eigenvalue weighted by Crippen LogP contribution is -2.44. The van der Waals surface area contributed by atoms with Crippen LogP contribution >= 0.6 is 11.6 Å². The van der Waals surface area contributed by atoms with Gasteiger partial charge in [0, 0.05) is 35.2 Å². The molecular formula is C22H23ClN2O2. The number of carbonyl (C=O) groups is 1. The molecule has 0 radical (unpaired) electrons. The van der Waals surface area contributed by atoms with Crippen molar-refractivity contribution in [3.8, 4) is 5.75 Å². The van der Waals surface area contributed by atoms with Gasteiger partial charge in [-0.2, -0.15) is 0 Å². The van der Waals surface area contributed by atoms with Gasteiger partial charge in [-0.05, 0) is 55.5 Å². The summed E-state index contributed by atoms with van der Waals surface area (Å²) in [5.41, 5.74) is 2.54. The Labute approximate surface area is 164 Å². The van der Waals surface area contributed by atoms with Crippen LogP contribution in [0, 0.1) is 0 Å². The van der Waals surface area contributed by atoms with E-state index in [2.05, 4.69) is 29.4 Å². The summed E-state index contributed by atoms with van der Waals surface area (Å²) < 4.78 is 5.79. The molecule has 4 rings (SSSR count). The van der Waals surface area contributed by atoms with Crippen molar-refractivity contribution in [3.05, 3.63) is 65.3 Å². The second-order valence-electron chi connectivity index (χ2n) is 7.11. The molecular weight excluding hydrogens is 360 g/mol. The minimum Gasteiger partial charge on any atom is -0.481 e. The SMILES string of the molecule is CC(Oc1cccc(Cl)c1)C(=O)N1CCC(c2c[nH]c3ccccc23)CC1. The summed E-state index contributed by atoms with van der Waals surface area (Å²) in [5, 5.41) is 1.90. The fourth-order valence-electron chi connectivity index (χ4n) is 3.89. The van der Waals surface area contributed by atoms with E-state index in [-0.39, 0.29) is 5.91 Å². The number of rotatable bonds is 4. The Kier molecular flexibility index (Phi) is 5.08. The highest BCUT2D eigenvalue weighted by Gasteiger charge is 2.28. The molecule has 1 atom stereocenters. The molecule has 5 heteroatoms. The van der Waals surface area contributed by atoms with Crippen molar-refractivity contribution in [2.45, 2.75) is 31.8 Å². The molecule has 1 aromatic heterocycles. The summed E-state index contributed by atoms with van der Waals surface area (Å²) in [7, 11) is 0. The van der Waals surface area contributed by atoms with Gasteiger partial charge in [-0.15, -0.1) is 0 Å². The van der Waals surface area contributed by atoms with E-state index in [1.165, 1.54) is 16.5 Å². The summed E-state index contributed by atoms with van der Waals surface area (Å²) in [6.45, 7) is 3.31. The first-order valence-corrected chi connectivity index (χ1v) is 9.76. The Bertz CT molecular complexity index is 944. The molecule has 1 aliphatic heterocycles. The predicted molar refractivity (Wildman–Crippen MR) is 108 cm³/mol. The number of nitrogens with one attached hydrogen (secondary N) is 1. The Morgan fingerprint density at radius 1 is 1.19 bits per heavy atom. The van der Waals surface area contributed by atoms with Gasteiger partial charge in [0.1, 0.15) is 5.75 Å². The fourth-order valence-corrected chi connectivity index (χ4v) is 4.07. The van der Waals surface area contributed by atoms with Gasteiger partial charge in [-0.1, -0.05) is 35.9 Å². The van der Waals surface area contributed by atoms with Crippen LogP contribution in [-0.2, 0) is 4.79 Å². The number of para-hydroxylation sites is 1. The molecule has 1 amide bonds. The van der Waals surface area contributed by atoms with Crippen LogP contribution in [0.25, 0.3) is 10.9 Å². The zero-order valence-electron chi connectivity index (χ0n) is 15.3. The topological polar surface area (TPSA) is 45.3 Å². The minimum absolute atomic E-state index is 0.0346. The van der Waals surface area contributed by atoms with Crippen LogP contribution in [0.2, 0.25) is 5.02 Å². The molecule has 27 heavy (non-hydrogen) atoms. The first-order valence-electron chi connectivity index (χ1n) is 9.39. The molecule has 2 heterocycles. The molecule has 2 aromatic carbocycles. The van der Waals surface area contributed by atoms with Gasteiger partial charge in [0.2, 0.25) is 0 Å². The van der Waals surface area contributed by atoms with E-state index in [1.54, 1.807) is 19.1 Å². The number of aromatic nitrogens is 1. The molecule has 0 spiro atoms. The maximum absolute atomic E-state index is 12.8. The number of amides is 1. The molecule has 140 valence electrons. The van der Waals surface area contributed by atoms with Gasteiger partial charge in [-0.25, -0.2) is 0 Å². The number of H-pyrrole nitrogens is 1. The molecule has 1 unspecified atom stereocenters. The van der Waals surface area contributed by atoms with Crippen molar-refractivity contribution in [2.75, 3.05) is 13.1 Å². The van der Waals surface area contributed by atoms with Gasteiger partial charge in [0.25, 0.3) is 5.91 Å². The number of fused-ring (bicyclic) bond motifs is 1. The molecule has 1 N–H and O–H groups in total. The highest BCUT2D eigenvalue weighted by atomic mass is 35.5. The maximum atomic E-state index is 12.8. The first kappa shape index (κ1) is 17.9. The second-order valence-corrected chi connectivity index (χ2v) is 7.54. The van der Waals surface area contributed by atoms with E-state index in [4.69, 9.17) is 16.3 Å². The maximum Gasteiger partial charge on any atom is 0.263 e. The number of likely N-dealkylation sites (tertiary alicyclic amines) is 1. The van der Waals surface area contributed by atoms with Crippen LogP contribution < -0.4 is 4.74 Å². The van der Waals surface area contributed by atoms with Crippen LogP contribution in [-0.4, -0.2) is 35.0 Å². The zero-order chi connectivity index (χ0) is 18.8. The van der Waals surface area contributed by atoms with Crippen molar-refractivity contribution in [1.82, 2.24) is 9.88 Å². The van der Waals surface area contributed by atoms with Gasteiger partial charge >= 0.3 is 0 Å². The van der Waals surface area contributed by atoms with Crippen LogP contribution in [0.1, 0.15) is 31.2 Å². The van der Waals surface area contributed by atoms with Gasteiger partial charge < -0.3 is 14.6 Å². The monoisotopic (exact) mass is 382 g/mol. The van der Waals surface area contributed by atoms with E-state index < -0.39 is 6.10 Å². The van der Waals surface area contributed by atoms with Crippen LogP contribution in [0.4, 0.5) is 0 Å². The third-order valence-electron chi connectivity index (χ3n) is 5.32. The van der Waals surface area contributed by atoms with Gasteiger partial charge in [-0.3, -0.25) is 4.79 Å². The number of hydrogen-bond acceptors (Lipinski definition) is 2. The number of benzene rings is 2. The Hall–Kier alpha value is -2.46. The molecule has 1 saturated heterocycles. The normalized spacial score (nSPS) is 16.4. The van der Waals surface area contributed by atoms with Crippen LogP contribution in [0.5, 0.6) is 5.75 Å². The largest absolute Gasteiger partial charge is 0.481 e. The summed E-state index contributed by atoms with van der Waals surface area (Å²) in [4.78, 5) is 18.0. The molecule has 1 fully saturated rings. The average molecular weight is 383 g/mol. The molecule has 1 aliphatic rings. The number of carbonyl (C=O) groups excluding carboxylic acids is 1. The summed E-state index contributed by atoms with van der Waals surface area (Å²) in [5.74, 6) is 1.14. The number of piperidine rings is 1. The van der Waals surface area contributed by atoms with E-state index in [9.17, 15) is 4.79 Å². The van der Waals surface area contributed by atoms with E-state index in [1.807, 2.05) is 23.1 Å². The lowest BCUT2D eigenvalue weighted by molar-refractivity contribution is -0.139. The highest BCUT2D eigenvalue weighted by molar-refractivity contribution is 6.30. The summed E-state index contributed by atoms with van der Waals surface area (Å²) >= 11 is 5.99. The lowest BCUT2D eigenvalue weighted by Gasteiger charge is -2.33. The van der Waals surface area contributed by atoms with Gasteiger partial charge in [0.05, 0.1) is 0 Å². The number of hydrogen-bond donors (Lipinski definition) is 1. The second kappa shape index (κ2) is 7.65. The molecule has 4 nitrogen and oxygen atoms in total. The number of halogens is 1. The lowest BCUT2D eigenvalue weighted by atomic mass is 9.89. The van der Waals surface area contributed by atoms with E-state index in [0.29, 0.717) is 16.7 Å². The van der Waals surface area contributed by atoms with Crippen molar-refractivity contribution >= 4 is 28.4 Å². The minimum atomic E-state index is -0.520. The quantitative estimate of drug-likeness (QED) is 0.690. The summed E-state index contributed by atoms with van der Waals surface area (Å²) in [6, 6.07) is 15.6. The van der Waals surface area contributed by atoms with E-state index >= 15 is 0 Å². The third kappa shape index (κ3) is 3.81. The number of ether oxygens (including phenoxy) is 1. The Morgan fingerprint density at radius 3 is 2.74 bits per heavy atom. The third-order valence-corrected chi connectivity index (χ3v) is 5.56. The Morgan fingerprint density at radius 2 is 1.96 bits per heavy atom. The first-order chi connectivity index (χ1) is 13.1. The molecule has 0 bridgehead atoms. The zero-order valence-corrected chi connectivity index (χ0v) is 16.1. The summed E-state index contributed by atoms with van der Waals surface area (Å²) in [6.07, 6.45) is 3.54. The molecule has 3 aromatic rings. The number of aromatic amines is 1. The standard InChI is InChI=1S/C22H23ClN2O2/c1-15(27-18-6-4-5-17(23)13-18)22(26)25-11-9-16(10-12-25)20-14-24-21-8-3-2-7-19(20)21/h2-8,13-16,24H,9-12H2,1H3. The average Bonchev–Trinajstić information content (AvgIpc) is 3.12. The van der Waals surface area contributed by atoms with E-state index in [0.717, 1.165) is 25.9 Å². The van der Waals surface area contributed by atoms with Crippen molar-refractivity contribution < 1.29 is 9.53 Å². The molecule has 0 saturated carbocycles. The molecule has 0 aliphatic carbocycles. The predicted octanol–water partition coefficient (Wildman–Crippen LogP) is 4.99. The smallest absolute Gasteiger partial charge is 0.263 e. The number of nitrogens with zero attached hydrogens (tertiary/aromatic N) is 1. The van der Waals surface area contributed by atoms with Crippen LogP contribution in [0.3, 0.4) is 0 Å². The van der Waals surface area contributed by atoms with Crippen molar-refractivity contribution in [2.24, 2.45) is 0 Å². The van der Waals surface area contributed by atoms with Crippen molar-refractivity contribution in [1.29, 1.82) is 0 Å². The fraction of sp³-hybridized carbons (Fsp3) is 0.318. The van der Waals surface area contributed by atoms with Crippen molar-refractivity contribution in [3.63, 3.8) is 0 Å². The van der Waals surface area contributed by atoms with Gasteiger partial charge in [0.15, 0.2) is 6.10 Å².